The lowest BCUT2D eigenvalue weighted by molar-refractivity contribution is 0.218. The zero-order valence-corrected chi connectivity index (χ0v) is 14.9. The number of piperidine rings is 1. The molecule has 1 spiro atoms. The fourth-order valence-electron chi connectivity index (χ4n) is 3.22. The number of hydrogen-bond donors (Lipinski definition) is 1. The molecular weight excluding hydrogens is 376 g/mol. The molecule has 2 heterocycles. The minimum Gasteiger partial charge on any atom is -0.317 e. The number of hydrogen-bond acceptors (Lipinski definition) is 3. The predicted octanol–water partition coefficient (Wildman–Crippen LogP) is 2.64. The molecule has 1 aromatic rings. The third kappa shape index (κ3) is 3.45. The summed E-state index contributed by atoms with van der Waals surface area (Å²) < 4.78 is 27.9. The maximum Gasteiger partial charge on any atom is 0.243 e. The quantitative estimate of drug-likeness (QED) is 0.837. The minimum absolute atomic E-state index is 0. The van der Waals surface area contributed by atoms with Crippen LogP contribution < -0.4 is 5.32 Å². The van der Waals surface area contributed by atoms with Crippen LogP contribution in [0.15, 0.2) is 33.6 Å². The van der Waals surface area contributed by atoms with Crippen molar-refractivity contribution in [2.24, 2.45) is 5.41 Å². The average molecular weight is 396 g/mol. The molecule has 0 saturated carbocycles. The van der Waals surface area contributed by atoms with Gasteiger partial charge in [-0.15, -0.1) is 12.4 Å². The number of nitrogens with one attached hydrogen (secondary N) is 1. The average Bonchev–Trinajstić information content (AvgIpc) is 2.85. The molecule has 0 amide bonds. The van der Waals surface area contributed by atoms with E-state index in [1.807, 2.05) is 0 Å². The molecule has 2 aliphatic rings. The Kier molecular flexibility index (Phi) is 5.36. The van der Waals surface area contributed by atoms with E-state index in [0.717, 1.165) is 36.8 Å². The van der Waals surface area contributed by atoms with E-state index in [4.69, 9.17) is 0 Å². The number of nitrogens with zero attached hydrogens (tertiary/aromatic N) is 1. The van der Waals surface area contributed by atoms with Gasteiger partial charge in [0.2, 0.25) is 10.0 Å². The summed E-state index contributed by atoms with van der Waals surface area (Å²) >= 11 is 3.34. The zero-order chi connectivity index (χ0) is 14.2. The van der Waals surface area contributed by atoms with Gasteiger partial charge in [0, 0.05) is 17.6 Å². The molecule has 0 bridgehead atoms. The zero-order valence-electron chi connectivity index (χ0n) is 11.7. The predicted molar refractivity (Wildman–Crippen MR) is 89.3 cm³/mol. The van der Waals surface area contributed by atoms with Crippen molar-refractivity contribution < 1.29 is 8.42 Å². The van der Waals surface area contributed by atoms with Gasteiger partial charge >= 0.3 is 0 Å². The van der Waals surface area contributed by atoms with Crippen molar-refractivity contribution in [2.75, 3.05) is 26.2 Å². The van der Waals surface area contributed by atoms with Gasteiger partial charge in [0.15, 0.2) is 0 Å². The Labute approximate surface area is 140 Å². The van der Waals surface area contributed by atoms with Crippen LogP contribution in [-0.4, -0.2) is 38.9 Å². The van der Waals surface area contributed by atoms with Gasteiger partial charge < -0.3 is 5.32 Å². The van der Waals surface area contributed by atoms with Gasteiger partial charge in [0.1, 0.15) is 0 Å². The topological polar surface area (TPSA) is 49.4 Å². The van der Waals surface area contributed by atoms with E-state index in [9.17, 15) is 8.42 Å². The first kappa shape index (κ1) is 17.2. The lowest BCUT2D eigenvalue weighted by Gasteiger charge is -2.33. The first-order chi connectivity index (χ1) is 9.52. The van der Waals surface area contributed by atoms with E-state index in [2.05, 4.69) is 21.2 Å². The van der Waals surface area contributed by atoms with Crippen LogP contribution in [0.2, 0.25) is 0 Å². The van der Waals surface area contributed by atoms with Gasteiger partial charge in [0.05, 0.1) is 4.90 Å². The summed E-state index contributed by atoms with van der Waals surface area (Å²) in [6.45, 7) is 3.34. The SMILES string of the molecule is Cl.O=S(=O)(c1ccc(Br)cc1)N1CCC2(CCNCC2)C1. The lowest BCUT2D eigenvalue weighted by atomic mass is 9.78. The van der Waals surface area contributed by atoms with Crippen molar-refractivity contribution in [3.05, 3.63) is 28.7 Å². The Morgan fingerprint density at radius 2 is 1.71 bits per heavy atom. The Bertz CT molecular complexity index is 585. The Balaban J connectivity index is 0.00000161. The third-order valence-corrected chi connectivity index (χ3v) is 6.91. The van der Waals surface area contributed by atoms with Crippen LogP contribution in [0.5, 0.6) is 0 Å². The van der Waals surface area contributed by atoms with Gasteiger partial charge in [-0.1, -0.05) is 15.9 Å². The molecule has 7 heteroatoms. The fraction of sp³-hybridized carbons (Fsp3) is 0.571. The maximum atomic E-state index is 12.7. The highest BCUT2D eigenvalue weighted by atomic mass is 79.9. The molecule has 3 rings (SSSR count). The Morgan fingerprint density at radius 1 is 1.10 bits per heavy atom. The van der Waals surface area contributed by atoms with E-state index in [1.54, 1.807) is 28.6 Å². The first-order valence-corrected chi connectivity index (χ1v) is 9.22. The first-order valence-electron chi connectivity index (χ1n) is 6.98. The normalized spacial score (nSPS) is 22.1. The van der Waals surface area contributed by atoms with Gasteiger partial charge in [-0.3, -0.25) is 0 Å². The van der Waals surface area contributed by atoms with Crippen molar-refractivity contribution in [1.82, 2.24) is 9.62 Å². The van der Waals surface area contributed by atoms with Gasteiger partial charge in [-0.05, 0) is 62.0 Å². The number of benzene rings is 1. The second-order valence-electron chi connectivity index (χ2n) is 5.79. The van der Waals surface area contributed by atoms with Crippen LogP contribution in [0.1, 0.15) is 19.3 Å². The molecule has 0 radical (unpaired) electrons. The van der Waals surface area contributed by atoms with E-state index in [0.29, 0.717) is 18.0 Å². The summed E-state index contributed by atoms with van der Waals surface area (Å²) in [7, 11) is -3.34. The van der Waals surface area contributed by atoms with Crippen molar-refractivity contribution in [3.8, 4) is 0 Å². The monoisotopic (exact) mass is 394 g/mol. The number of sulfonamides is 1. The summed E-state index contributed by atoms with van der Waals surface area (Å²) in [6, 6.07) is 6.91. The highest BCUT2D eigenvalue weighted by molar-refractivity contribution is 9.10. The van der Waals surface area contributed by atoms with Crippen LogP contribution in [0.25, 0.3) is 0 Å². The maximum absolute atomic E-state index is 12.7. The highest BCUT2D eigenvalue weighted by Crippen LogP contribution is 2.40. The number of halogens is 2. The summed E-state index contributed by atoms with van der Waals surface area (Å²) in [5.41, 5.74) is 0.202. The van der Waals surface area contributed by atoms with E-state index in [-0.39, 0.29) is 17.8 Å². The van der Waals surface area contributed by atoms with E-state index in [1.165, 1.54) is 0 Å². The molecule has 21 heavy (non-hydrogen) atoms. The molecule has 2 saturated heterocycles. The summed E-state index contributed by atoms with van der Waals surface area (Å²) in [4.78, 5) is 0.395. The highest BCUT2D eigenvalue weighted by Gasteiger charge is 2.43. The van der Waals surface area contributed by atoms with Crippen molar-refractivity contribution in [2.45, 2.75) is 24.2 Å². The van der Waals surface area contributed by atoms with Gasteiger partial charge in [0.25, 0.3) is 0 Å². The van der Waals surface area contributed by atoms with Crippen molar-refractivity contribution in [3.63, 3.8) is 0 Å². The molecule has 0 unspecified atom stereocenters. The van der Waals surface area contributed by atoms with Crippen molar-refractivity contribution >= 4 is 38.4 Å². The van der Waals surface area contributed by atoms with E-state index >= 15 is 0 Å². The summed E-state index contributed by atoms with van der Waals surface area (Å²) in [5, 5.41) is 3.35. The lowest BCUT2D eigenvalue weighted by Crippen LogP contribution is -2.39. The Hall–Kier alpha value is -0.140. The largest absolute Gasteiger partial charge is 0.317 e. The van der Waals surface area contributed by atoms with Crippen LogP contribution in [0.4, 0.5) is 0 Å². The molecule has 1 N–H and O–H groups in total. The van der Waals surface area contributed by atoms with Gasteiger partial charge in [-0.2, -0.15) is 4.31 Å². The smallest absolute Gasteiger partial charge is 0.243 e. The minimum atomic E-state index is -3.34. The molecule has 4 nitrogen and oxygen atoms in total. The molecule has 0 aliphatic carbocycles. The fourth-order valence-corrected chi connectivity index (χ4v) is 5.04. The molecule has 118 valence electrons. The van der Waals surface area contributed by atoms with Crippen LogP contribution in [0.3, 0.4) is 0 Å². The molecular formula is C14H20BrClN2O2S. The van der Waals surface area contributed by atoms with Crippen LogP contribution in [-0.2, 0) is 10.0 Å². The van der Waals surface area contributed by atoms with Crippen molar-refractivity contribution in [1.29, 1.82) is 0 Å². The summed E-state index contributed by atoms with van der Waals surface area (Å²) in [6.07, 6.45) is 3.16. The van der Waals surface area contributed by atoms with Crippen LogP contribution >= 0.6 is 28.3 Å². The molecule has 0 atom stereocenters. The van der Waals surface area contributed by atoms with Crippen LogP contribution in [0, 0.1) is 5.41 Å². The molecule has 2 fully saturated rings. The second kappa shape index (κ2) is 6.54. The Morgan fingerprint density at radius 3 is 2.33 bits per heavy atom. The molecule has 2 aliphatic heterocycles. The third-order valence-electron chi connectivity index (χ3n) is 4.52. The second-order valence-corrected chi connectivity index (χ2v) is 8.65. The molecule has 0 aromatic heterocycles. The van der Waals surface area contributed by atoms with Gasteiger partial charge in [-0.25, -0.2) is 8.42 Å². The standard InChI is InChI=1S/C14H19BrN2O2S.ClH/c15-12-1-3-13(4-2-12)20(18,19)17-10-7-14(11-17)5-8-16-9-6-14;/h1-4,16H,5-11H2;1H. The summed E-state index contributed by atoms with van der Waals surface area (Å²) in [5.74, 6) is 0. The number of rotatable bonds is 2. The van der Waals surface area contributed by atoms with E-state index < -0.39 is 10.0 Å². The molecule has 1 aromatic carbocycles.